The second kappa shape index (κ2) is 11.4. The lowest BCUT2D eigenvalue weighted by molar-refractivity contribution is -0.148. The molecule has 4 atom stereocenters. The lowest BCUT2D eigenvalue weighted by Gasteiger charge is -2.31. The Morgan fingerprint density at radius 3 is 2.02 bits per heavy atom. The number of ketones is 1. The smallest absolute Gasteiger partial charge is 0.325 e. The van der Waals surface area contributed by atoms with Crippen molar-refractivity contribution in [3.8, 4) is 5.75 Å². The summed E-state index contributed by atoms with van der Waals surface area (Å²) >= 11 is 0. The first-order chi connectivity index (χ1) is 21.2. The van der Waals surface area contributed by atoms with Crippen molar-refractivity contribution in [1.82, 2.24) is 5.32 Å². The highest BCUT2D eigenvalue weighted by Gasteiger charge is 2.68. The summed E-state index contributed by atoms with van der Waals surface area (Å²) in [5.41, 5.74) is 2.14. The first-order valence-electron chi connectivity index (χ1n) is 14.3. The minimum atomic E-state index is -1.81. The number of carbonyl (C=O) groups excluding carboxylic acids is 3. The molecular weight excluding hydrogens is 556 g/mol. The van der Waals surface area contributed by atoms with Gasteiger partial charge in [-0.1, -0.05) is 78.9 Å². The molecule has 0 aliphatic carbocycles. The van der Waals surface area contributed by atoms with Gasteiger partial charge >= 0.3 is 5.97 Å². The summed E-state index contributed by atoms with van der Waals surface area (Å²) in [5.74, 6) is -4.70. The summed E-state index contributed by atoms with van der Waals surface area (Å²) < 4.78 is 0. The van der Waals surface area contributed by atoms with Crippen LogP contribution in [0.1, 0.15) is 45.6 Å². The molecule has 0 saturated carbocycles. The number of amides is 2. The van der Waals surface area contributed by atoms with Gasteiger partial charge in [-0.2, -0.15) is 0 Å². The molecule has 0 spiro atoms. The maximum atomic E-state index is 14.1. The average Bonchev–Trinajstić information content (AvgIpc) is 3.51. The van der Waals surface area contributed by atoms with Crippen molar-refractivity contribution in [3.05, 3.63) is 131 Å². The number of benzene rings is 4. The molecule has 4 aromatic rings. The van der Waals surface area contributed by atoms with Crippen molar-refractivity contribution >= 4 is 41.4 Å². The average molecular weight is 587 g/mol. The number of aliphatic carboxylic acids is 1. The summed E-state index contributed by atoms with van der Waals surface area (Å²) in [6, 6.07) is 28.9. The van der Waals surface area contributed by atoms with E-state index in [1.54, 1.807) is 24.3 Å². The van der Waals surface area contributed by atoms with Gasteiger partial charge < -0.3 is 10.2 Å². The van der Waals surface area contributed by atoms with Crippen molar-refractivity contribution < 1.29 is 29.4 Å². The number of carbonyl (C=O) groups is 4. The van der Waals surface area contributed by atoms with E-state index < -0.39 is 41.2 Å². The van der Waals surface area contributed by atoms with Gasteiger partial charge in [0.05, 0.1) is 17.5 Å². The summed E-state index contributed by atoms with van der Waals surface area (Å²) in [6.07, 6.45) is 3.86. The highest BCUT2D eigenvalue weighted by atomic mass is 16.4. The van der Waals surface area contributed by atoms with E-state index in [-0.39, 0.29) is 23.6 Å². The first kappa shape index (κ1) is 28.8. The quantitative estimate of drug-likeness (QED) is 0.146. The van der Waals surface area contributed by atoms with E-state index in [1.165, 1.54) is 31.2 Å². The number of hydrogen-bond donors (Lipinski definition) is 3. The lowest BCUT2D eigenvalue weighted by atomic mass is 9.76. The molecule has 3 N–H and O–H groups in total. The Hall–Kier alpha value is -5.34. The largest absolute Gasteiger partial charge is 0.508 e. The molecule has 220 valence electrons. The van der Waals surface area contributed by atoms with Crippen molar-refractivity contribution in [3.63, 3.8) is 0 Å². The van der Waals surface area contributed by atoms with Crippen LogP contribution in [0.3, 0.4) is 0 Å². The molecule has 4 aromatic carbocycles. The van der Waals surface area contributed by atoms with Crippen molar-refractivity contribution in [2.24, 2.45) is 11.8 Å². The number of carboxylic acids is 1. The number of fused-ring (bicyclic) bond motifs is 1. The number of rotatable bonds is 8. The van der Waals surface area contributed by atoms with Crippen molar-refractivity contribution in [1.29, 1.82) is 0 Å². The van der Waals surface area contributed by atoms with E-state index in [1.807, 2.05) is 66.7 Å². The van der Waals surface area contributed by atoms with Crippen LogP contribution in [0.15, 0.2) is 103 Å². The molecule has 0 aromatic heterocycles. The number of aromatic hydroxyl groups is 1. The third-order valence-electron chi connectivity index (χ3n) is 8.55. The summed E-state index contributed by atoms with van der Waals surface area (Å²) in [7, 11) is 0. The molecule has 8 heteroatoms. The van der Waals surface area contributed by atoms with E-state index >= 15 is 0 Å². The topological polar surface area (TPSA) is 124 Å². The van der Waals surface area contributed by atoms with E-state index in [0.29, 0.717) is 16.7 Å². The van der Waals surface area contributed by atoms with E-state index in [9.17, 15) is 29.4 Å². The van der Waals surface area contributed by atoms with E-state index in [2.05, 4.69) is 5.32 Å². The maximum Gasteiger partial charge on any atom is 0.325 e. The number of Topliss-reactive ketones (excluding diaryl/α,β-unsaturated/α-hetero) is 1. The molecule has 44 heavy (non-hydrogen) atoms. The van der Waals surface area contributed by atoms with Crippen LogP contribution in [0.2, 0.25) is 0 Å². The summed E-state index contributed by atoms with van der Waals surface area (Å²) in [5, 5.41) is 23.7. The van der Waals surface area contributed by atoms with Crippen LogP contribution < -0.4 is 10.2 Å². The third-order valence-corrected chi connectivity index (χ3v) is 8.55. The SMILES string of the molecule is CC(=O)c1ccc(N2C(=O)C3C(c4ccc(C=Cc5ccccc5)cc4)NC(Cc4ccc(O)cc4)(C(=O)O)C3C2=O)cc1. The lowest BCUT2D eigenvalue weighted by Crippen LogP contribution is -2.57. The number of anilines is 1. The van der Waals surface area contributed by atoms with Crippen LogP contribution in [0.4, 0.5) is 5.69 Å². The van der Waals surface area contributed by atoms with Crippen LogP contribution in [0, 0.1) is 11.8 Å². The fourth-order valence-corrected chi connectivity index (χ4v) is 6.33. The van der Waals surface area contributed by atoms with Crippen LogP contribution >= 0.6 is 0 Å². The molecular formula is C36H30N2O6. The number of phenols is 1. The molecule has 4 unspecified atom stereocenters. The maximum absolute atomic E-state index is 14.1. The minimum Gasteiger partial charge on any atom is -0.508 e. The zero-order valence-corrected chi connectivity index (χ0v) is 23.9. The molecule has 2 heterocycles. The van der Waals surface area contributed by atoms with Gasteiger partial charge in [0.1, 0.15) is 11.3 Å². The molecule has 6 rings (SSSR count). The van der Waals surface area contributed by atoms with Crippen LogP contribution in [0.25, 0.3) is 12.2 Å². The van der Waals surface area contributed by atoms with Gasteiger partial charge in [-0.15, -0.1) is 0 Å². The Morgan fingerprint density at radius 1 is 0.818 bits per heavy atom. The van der Waals surface area contributed by atoms with Gasteiger partial charge in [0, 0.05) is 18.0 Å². The monoisotopic (exact) mass is 586 g/mol. The standard InChI is InChI=1S/C36H30N2O6/c1-22(39)26-15-17-28(18-16-26)38-33(41)30-31(34(38)42)36(35(43)44,21-25-11-19-29(40)20-12-25)37-32(30)27-13-9-24(10-14-27)8-7-23-5-3-2-4-6-23/h2-20,30-32,37,40H,21H2,1H3,(H,43,44). The van der Waals surface area contributed by atoms with Gasteiger partial charge in [0.2, 0.25) is 11.8 Å². The Bertz CT molecular complexity index is 1760. The molecule has 2 aliphatic heterocycles. The van der Waals surface area contributed by atoms with Gasteiger partial charge in [-0.3, -0.25) is 24.5 Å². The summed E-state index contributed by atoms with van der Waals surface area (Å²) in [4.78, 5) is 54.2. The van der Waals surface area contributed by atoms with Gasteiger partial charge in [-0.25, -0.2) is 4.90 Å². The highest BCUT2D eigenvalue weighted by Crippen LogP contribution is 2.51. The van der Waals surface area contributed by atoms with Crippen LogP contribution in [-0.4, -0.2) is 39.3 Å². The number of carboxylic acid groups (broad SMARTS) is 1. The van der Waals surface area contributed by atoms with Crippen LogP contribution in [-0.2, 0) is 20.8 Å². The zero-order chi connectivity index (χ0) is 31.0. The molecule has 2 amide bonds. The third kappa shape index (κ3) is 5.09. The normalized spacial score (nSPS) is 22.8. The fourth-order valence-electron chi connectivity index (χ4n) is 6.33. The number of nitrogens with one attached hydrogen (secondary N) is 1. The molecule has 0 radical (unpaired) electrons. The summed E-state index contributed by atoms with van der Waals surface area (Å²) in [6.45, 7) is 1.43. The Kier molecular flexibility index (Phi) is 7.45. The molecule has 8 nitrogen and oxygen atoms in total. The first-order valence-corrected chi connectivity index (χ1v) is 14.3. The minimum absolute atomic E-state index is 0.0296. The predicted molar refractivity (Wildman–Crippen MR) is 166 cm³/mol. The molecule has 2 saturated heterocycles. The van der Waals surface area contributed by atoms with Crippen LogP contribution in [0.5, 0.6) is 5.75 Å². The number of phenolic OH excluding ortho intramolecular Hbond substituents is 1. The Labute approximate surface area is 254 Å². The Morgan fingerprint density at radius 2 is 1.43 bits per heavy atom. The predicted octanol–water partition coefficient (Wildman–Crippen LogP) is 5.28. The van der Waals surface area contributed by atoms with E-state index in [4.69, 9.17) is 0 Å². The van der Waals surface area contributed by atoms with Gasteiger partial charge in [0.15, 0.2) is 5.78 Å². The van der Waals surface area contributed by atoms with Crippen molar-refractivity contribution in [2.45, 2.75) is 24.9 Å². The number of nitrogens with zero attached hydrogens (tertiary/aromatic N) is 1. The zero-order valence-electron chi connectivity index (χ0n) is 23.9. The Balaban J connectivity index is 1.40. The molecule has 2 fully saturated rings. The van der Waals surface area contributed by atoms with Gasteiger partial charge in [0.25, 0.3) is 0 Å². The number of hydrogen-bond acceptors (Lipinski definition) is 6. The second-order valence-corrected chi connectivity index (χ2v) is 11.3. The number of imide groups is 1. The highest BCUT2D eigenvalue weighted by molar-refractivity contribution is 6.24. The molecule has 2 aliphatic rings. The second-order valence-electron chi connectivity index (χ2n) is 11.3. The van der Waals surface area contributed by atoms with E-state index in [0.717, 1.165) is 16.0 Å². The molecule has 0 bridgehead atoms. The fraction of sp³-hybridized carbons (Fsp3) is 0.167. The van der Waals surface area contributed by atoms with Crippen molar-refractivity contribution in [2.75, 3.05) is 4.90 Å². The van der Waals surface area contributed by atoms with Gasteiger partial charge in [-0.05, 0) is 65.6 Å².